The highest BCUT2D eigenvalue weighted by molar-refractivity contribution is 6.30. The standard InChI is InChI=1S/C16H27ClN4/c1-4-18-16(20-11-12-21(3)5-2)19-10-9-14-7-6-8-15(17)13-14/h6-8,13H,4-5,9-12H2,1-3H3,(H2,18,19,20). The molecular formula is C16H27ClN4. The molecule has 0 aliphatic heterocycles. The number of halogens is 1. The number of hydrogen-bond acceptors (Lipinski definition) is 2. The van der Waals surface area contributed by atoms with Gasteiger partial charge in [-0.2, -0.15) is 0 Å². The van der Waals surface area contributed by atoms with Crippen molar-refractivity contribution in [3.05, 3.63) is 34.9 Å². The van der Waals surface area contributed by atoms with Gasteiger partial charge in [-0.05, 0) is 44.6 Å². The molecule has 21 heavy (non-hydrogen) atoms. The molecule has 118 valence electrons. The Bertz CT molecular complexity index is 434. The Morgan fingerprint density at radius 3 is 2.76 bits per heavy atom. The Balaban J connectivity index is 2.38. The van der Waals surface area contributed by atoms with Crippen LogP contribution in [0.15, 0.2) is 29.3 Å². The molecule has 0 aliphatic rings. The Hall–Kier alpha value is -1.26. The summed E-state index contributed by atoms with van der Waals surface area (Å²) in [5.41, 5.74) is 1.23. The van der Waals surface area contributed by atoms with Crippen molar-refractivity contribution in [1.29, 1.82) is 0 Å². The molecule has 0 saturated carbocycles. The first kappa shape index (κ1) is 17.8. The lowest BCUT2D eigenvalue weighted by Crippen LogP contribution is -2.38. The van der Waals surface area contributed by atoms with Crippen LogP contribution in [0.5, 0.6) is 0 Å². The van der Waals surface area contributed by atoms with Crippen LogP contribution in [0.1, 0.15) is 19.4 Å². The fourth-order valence-corrected chi connectivity index (χ4v) is 2.06. The van der Waals surface area contributed by atoms with Crippen molar-refractivity contribution in [3.8, 4) is 0 Å². The molecule has 0 amide bonds. The van der Waals surface area contributed by atoms with Gasteiger partial charge in [-0.3, -0.25) is 4.99 Å². The number of aliphatic imine (C=N–C) groups is 1. The van der Waals surface area contributed by atoms with E-state index in [1.807, 2.05) is 18.2 Å². The van der Waals surface area contributed by atoms with Crippen molar-refractivity contribution in [2.45, 2.75) is 20.3 Å². The minimum Gasteiger partial charge on any atom is -0.357 e. The van der Waals surface area contributed by atoms with Crippen LogP contribution >= 0.6 is 11.6 Å². The summed E-state index contributed by atoms with van der Waals surface area (Å²) in [5.74, 6) is 0.879. The van der Waals surface area contributed by atoms with Crippen molar-refractivity contribution in [1.82, 2.24) is 15.5 Å². The third kappa shape index (κ3) is 7.93. The molecule has 5 heteroatoms. The molecule has 0 unspecified atom stereocenters. The van der Waals surface area contributed by atoms with E-state index in [1.165, 1.54) is 5.56 Å². The summed E-state index contributed by atoms with van der Waals surface area (Å²) < 4.78 is 0. The van der Waals surface area contributed by atoms with Gasteiger partial charge in [0, 0.05) is 24.7 Å². The second kappa shape index (κ2) is 10.5. The van der Waals surface area contributed by atoms with E-state index in [0.29, 0.717) is 0 Å². The van der Waals surface area contributed by atoms with Crippen molar-refractivity contribution >= 4 is 17.6 Å². The molecule has 0 fully saturated rings. The summed E-state index contributed by atoms with van der Waals surface area (Å²) >= 11 is 5.99. The molecule has 0 atom stereocenters. The molecule has 0 heterocycles. The quantitative estimate of drug-likeness (QED) is 0.572. The van der Waals surface area contributed by atoms with E-state index < -0.39 is 0 Å². The summed E-state index contributed by atoms with van der Waals surface area (Å²) in [4.78, 5) is 6.83. The van der Waals surface area contributed by atoms with Crippen molar-refractivity contribution in [2.24, 2.45) is 4.99 Å². The summed E-state index contributed by atoms with van der Waals surface area (Å²) in [6, 6.07) is 7.98. The van der Waals surface area contributed by atoms with Crippen LogP contribution in [0.4, 0.5) is 0 Å². The van der Waals surface area contributed by atoms with Gasteiger partial charge in [0.1, 0.15) is 0 Å². The second-order valence-corrected chi connectivity index (χ2v) is 5.40. The normalized spacial score (nSPS) is 11.8. The Morgan fingerprint density at radius 1 is 1.29 bits per heavy atom. The minimum absolute atomic E-state index is 0.788. The molecule has 1 rings (SSSR count). The van der Waals surface area contributed by atoms with Gasteiger partial charge >= 0.3 is 0 Å². The van der Waals surface area contributed by atoms with Gasteiger partial charge in [0.15, 0.2) is 5.96 Å². The van der Waals surface area contributed by atoms with Gasteiger partial charge in [0.25, 0.3) is 0 Å². The maximum absolute atomic E-state index is 5.99. The van der Waals surface area contributed by atoms with E-state index in [0.717, 1.165) is 50.1 Å². The van der Waals surface area contributed by atoms with Crippen LogP contribution < -0.4 is 10.6 Å². The molecule has 0 spiro atoms. The molecule has 0 bridgehead atoms. The van der Waals surface area contributed by atoms with E-state index in [1.54, 1.807) is 0 Å². The van der Waals surface area contributed by atoms with Gasteiger partial charge in [0.05, 0.1) is 6.54 Å². The molecule has 1 aromatic rings. The van der Waals surface area contributed by atoms with Crippen LogP contribution in [0.2, 0.25) is 5.02 Å². The zero-order valence-electron chi connectivity index (χ0n) is 13.3. The molecule has 4 nitrogen and oxygen atoms in total. The van der Waals surface area contributed by atoms with E-state index in [4.69, 9.17) is 11.6 Å². The van der Waals surface area contributed by atoms with Gasteiger partial charge in [0.2, 0.25) is 0 Å². The summed E-state index contributed by atoms with van der Waals surface area (Å²) in [6.07, 6.45) is 0.930. The van der Waals surface area contributed by atoms with Gasteiger partial charge < -0.3 is 15.5 Å². The van der Waals surface area contributed by atoms with Crippen LogP contribution in [0, 0.1) is 0 Å². The van der Waals surface area contributed by atoms with Crippen LogP contribution in [-0.4, -0.2) is 50.6 Å². The lowest BCUT2D eigenvalue weighted by molar-refractivity contribution is 0.363. The van der Waals surface area contributed by atoms with E-state index in [-0.39, 0.29) is 0 Å². The van der Waals surface area contributed by atoms with Crippen LogP contribution in [-0.2, 0) is 6.42 Å². The van der Waals surface area contributed by atoms with E-state index in [2.05, 4.69) is 47.5 Å². The number of likely N-dealkylation sites (N-methyl/N-ethyl adjacent to an activating group) is 1. The minimum atomic E-state index is 0.788. The van der Waals surface area contributed by atoms with Crippen molar-refractivity contribution in [2.75, 3.05) is 39.8 Å². The maximum atomic E-state index is 5.99. The van der Waals surface area contributed by atoms with Crippen molar-refractivity contribution < 1.29 is 0 Å². The van der Waals surface area contributed by atoms with Crippen LogP contribution in [0.25, 0.3) is 0 Å². The van der Waals surface area contributed by atoms with Gasteiger partial charge in [-0.25, -0.2) is 0 Å². The molecule has 0 aromatic heterocycles. The average molecular weight is 311 g/mol. The first-order chi connectivity index (χ1) is 10.2. The third-order valence-electron chi connectivity index (χ3n) is 3.23. The molecular weight excluding hydrogens is 284 g/mol. The zero-order valence-corrected chi connectivity index (χ0v) is 14.1. The molecule has 1 aromatic carbocycles. The monoisotopic (exact) mass is 310 g/mol. The Kier molecular flexibility index (Phi) is 8.87. The number of benzene rings is 1. The highest BCUT2D eigenvalue weighted by Crippen LogP contribution is 2.10. The maximum Gasteiger partial charge on any atom is 0.191 e. The molecule has 0 aliphatic carbocycles. The van der Waals surface area contributed by atoms with Gasteiger partial charge in [-0.1, -0.05) is 30.7 Å². The Labute approximate surface area is 133 Å². The lowest BCUT2D eigenvalue weighted by atomic mass is 10.1. The fourth-order valence-electron chi connectivity index (χ4n) is 1.85. The fraction of sp³-hybridized carbons (Fsp3) is 0.562. The first-order valence-electron chi connectivity index (χ1n) is 7.60. The number of rotatable bonds is 8. The highest BCUT2D eigenvalue weighted by atomic mass is 35.5. The summed E-state index contributed by atoms with van der Waals surface area (Å²) in [7, 11) is 2.11. The topological polar surface area (TPSA) is 39.7 Å². The second-order valence-electron chi connectivity index (χ2n) is 4.96. The zero-order chi connectivity index (χ0) is 15.5. The number of nitrogens with zero attached hydrogens (tertiary/aromatic N) is 2. The molecule has 2 N–H and O–H groups in total. The average Bonchev–Trinajstić information content (AvgIpc) is 2.47. The number of nitrogens with one attached hydrogen (secondary N) is 2. The predicted molar refractivity (Wildman–Crippen MR) is 92.3 cm³/mol. The van der Waals surface area contributed by atoms with E-state index in [9.17, 15) is 0 Å². The summed E-state index contributed by atoms with van der Waals surface area (Å²) in [6.45, 7) is 8.76. The third-order valence-corrected chi connectivity index (χ3v) is 3.47. The summed E-state index contributed by atoms with van der Waals surface area (Å²) in [5, 5.41) is 7.41. The number of guanidine groups is 1. The van der Waals surface area contributed by atoms with Gasteiger partial charge in [-0.15, -0.1) is 0 Å². The lowest BCUT2D eigenvalue weighted by Gasteiger charge is -2.14. The molecule has 0 radical (unpaired) electrons. The first-order valence-corrected chi connectivity index (χ1v) is 7.98. The van der Waals surface area contributed by atoms with Crippen LogP contribution in [0.3, 0.4) is 0 Å². The predicted octanol–water partition coefficient (Wildman–Crippen LogP) is 2.39. The molecule has 0 saturated heterocycles. The largest absolute Gasteiger partial charge is 0.357 e. The Morgan fingerprint density at radius 2 is 2.10 bits per heavy atom. The SMILES string of the molecule is CCNC(=NCCN(C)CC)NCCc1cccc(Cl)c1. The smallest absolute Gasteiger partial charge is 0.191 e. The highest BCUT2D eigenvalue weighted by Gasteiger charge is 1.99. The van der Waals surface area contributed by atoms with E-state index >= 15 is 0 Å². The number of hydrogen-bond donors (Lipinski definition) is 2. The van der Waals surface area contributed by atoms with Crippen molar-refractivity contribution in [3.63, 3.8) is 0 Å².